The number of amides is 2. The zero-order valence-corrected chi connectivity index (χ0v) is 16.5. The summed E-state index contributed by atoms with van der Waals surface area (Å²) in [6.45, 7) is 2.22. The number of thiophene rings is 1. The molecule has 0 N–H and O–H groups in total. The lowest BCUT2D eigenvalue weighted by molar-refractivity contribution is -0.133. The van der Waals surface area contributed by atoms with E-state index in [1.165, 1.54) is 16.1 Å². The first-order chi connectivity index (χ1) is 14.2. The number of carbonyl (C=O) groups excluding carboxylic acids is 2. The first-order valence-corrected chi connectivity index (χ1v) is 10.1. The van der Waals surface area contributed by atoms with E-state index in [0.29, 0.717) is 32.0 Å². The third-order valence-corrected chi connectivity index (χ3v) is 5.39. The summed E-state index contributed by atoms with van der Waals surface area (Å²) in [4.78, 5) is 30.4. The molecule has 2 aromatic heterocycles. The summed E-state index contributed by atoms with van der Waals surface area (Å²) in [6.07, 6.45) is 0. The fraction of sp³-hybridized carbons (Fsp3) is 0.316. The van der Waals surface area contributed by atoms with Gasteiger partial charge in [0.2, 0.25) is 11.7 Å². The Bertz CT molecular complexity index is 952. The maximum absolute atomic E-state index is 12.5. The van der Waals surface area contributed by atoms with Crippen molar-refractivity contribution in [3.63, 3.8) is 0 Å². The van der Waals surface area contributed by atoms with E-state index < -0.39 is 0 Å². The predicted octanol–water partition coefficient (Wildman–Crippen LogP) is 1.30. The van der Waals surface area contributed by atoms with Crippen molar-refractivity contribution in [2.75, 3.05) is 26.2 Å². The maximum atomic E-state index is 12.5. The van der Waals surface area contributed by atoms with Crippen LogP contribution in [0.25, 0.3) is 0 Å². The van der Waals surface area contributed by atoms with Crippen LogP contribution in [0.3, 0.4) is 0 Å². The third kappa shape index (κ3) is 4.77. The molecule has 0 aliphatic carbocycles. The first-order valence-electron chi connectivity index (χ1n) is 9.24. The van der Waals surface area contributed by atoms with Crippen LogP contribution in [0.4, 0.5) is 0 Å². The number of ether oxygens (including phenoxy) is 1. The van der Waals surface area contributed by atoms with Gasteiger partial charge < -0.3 is 14.5 Å². The van der Waals surface area contributed by atoms with E-state index in [0.717, 1.165) is 10.6 Å². The van der Waals surface area contributed by atoms with Crippen LogP contribution in [0.1, 0.15) is 15.5 Å². The summed E-state index contributed by atoms with van der Waals surface area (Å²) >= 11 is 1.43. The van der Waals surface area contributed by atoms with Crippen molar-refractivity contribution in [1.29, 1.82) is 0 Å². The minimum absolute atomic E-state index is 0.0111. The molecule has 1 aliphatic heterocycles. The molecule has 0 atom stereocenters. The number of aromatic nitrogens is 4. The molecule has 1 aromatic carbocycles. The second-order valence-corrected chi connectivity index (χ2v) is 7.44. The van der Waals surface area contributed by atoms with Crippen molar-refractivity contribution in [3.8, 4) is 5.75 Å². The highest BCUT2D eigenvalue weighted by molar-refractivity contribution is 7.12. The minimum Gasteiger partial charge on any atom is -0.485 e. The highest BCUT2D eigenvalue weighted by atomic mass is 32.1. The normalized spacial score (nSPS) is 14.1. The number of para-hydroxylation sites is 1. The Morgan fingerprint density at radius 3 is 2.48 bits per heavy atom. The lowest BCUT2D eigenvalue weighted by Gasteiger charge is -2.34. The smallest absolute Gasteiger partial charge is 0.264 e. The van der Waals surface area contributed by atoms with Gasteiger partial charge in [-0.25, -0.2) is 0 Å². The van der Waals surface area contributed by atoms with Crippen LogP contribution in [-0.4, -0.2) is 68.0 Å². The molecule has 150 valence electrons. The van der Waals surface area contributed by atoms with E-state index in [1.807, 2.05) is 47.8 Å². The van der Waals surface area contributed by atoms with Crippen molar-refractivity contribution in [2.24, 2.45) is 0 Å². The highest BCUT2D eigenvalue weighted by Crippen LogP contribution is 2.14. The molecule has 9 nitrogen and oxygen atoms in total. The maximum Gasteiger partial charge on any atom is 0.264 e. The van der Waals surface area contributed by atoms with Gasteiger partial charge in [0.15, 0.2) is 6.61 Å². The number of piperazine rings is 1. The fourth-order valence-electron chi connectivity index (χ4n) is 3.00. The molecule has 4 rings (SSSR count). The molecule has 0 spiro atoms. The molecule has 29 heavy (non-hydrogen) atoms. The van der Waals surface area contributed by atoms with E-state index in [1.54, 1.807) is 9.80 Å². The molecule has 3 aromatic rings. The van der Waals surface area contributed by atoms with E-state index in [4.69, 9.17) is 4.74 Å². The van der Waals surface area contributed by atoms with E-state index in [2.05, 4.69) is 15.4 Å². The summed E-state index contributed by atoms with van der Waals surface area (Å²) in [5, 5.41) is 13.9. The Morgan fingerprint density at radius 2 is 1.76 bits per heavy atom. The van der Waals surface area contributed by atoms with Gasteiger partial charge in [0.1, 0.15) is 12.3 Å². The molecule has 2 amide bonds. The molecule has 1 aliphatic rings. The lowest BCUT2D eigenvalue weighted by Crippen LogP contribution is -2.51. The second-order valence-electron chi connectivity index (χ2n) is 6.49. The number of carbonyl (C=O) groups is 2. The van der Waals surface area contributed by atoms with Crippen molar-refractivity contribution in [1.82, 2.24) is 30.0 Å². The second kappa shape index (κ2) is 8.82. The summed E-state index contributed by atoms with van der Waals surface area (Å²) < 4.78 is 5.58. The van der Waals surface area contributed by atoms with Gasteiger partial charge in [-0.15, -0.1) is 21.5 Å². The molecule has 1 saturated heterocycles. The van der Waals surface area contributed by atoms with Crippen LogP contribution < -0.4 is 4.74 Å². The zero-order valence-electron chi connectivity index (χ0n) is 15.7. The van der Waals surface area contributed by atoms with Crippen LogP contribution in [0.2, 0.25) is 0 Å². The molecule has 1 fully saturated rings. The highest BCUT2D eigenvalue weighted by Gasteiger charge is 2.25. The SMILES string of the molecule is O=C(Cn1nnc(COc2ccccc2)n1)N1CCN(C(=O)c2cccs2)CC1. The quantitative estimate of drug-likeness (QED) is 0.606. The van der Waals surface area contributed by atoms with E-state index in [9.17, 15) is 9.59 Å². The molecule has 0 unspecified atom stereocenters. The zero-order chi connectivity index (χ0) is 20.1. The minimum atomic E-state index is -0.0962. The van der Waals surface area contributed by atoms with Crippen LogP contribution in [0.15, 0.2) is 47.8 Å². The van der Waals surface area contributed by atoms with Crippen LogP contribution in [0, 0.1) is 0 Å². The van der Waals surface area contributed by atoms with Crippen molar-refractivity contribution in [3.05, 3.63) is 58.5 Å². The van der Waals surface area contributed by atoms with Gasteiger partial charge in [-0.2, -0.15) is 4.80 Å². The summed E-state index contributed by atoms with van der Waals surface area (Å²) in [7, 11) is 0. The summed E-state index contributed by atoms with van der Waals surface area (Å²) in [5.41, 5.74) is 0. The Morgan fingerprint density at radius 1 is 1.00 bits per heavy atom. The first kappa shape index (κ1) is 19.1. The Kier molecular flexibility index (Phi) is 5.80. The Labute approximate surface area is 171 Å². The molecular formula is C19H20N6O3S. The molecule has 3 heterocycles. The molecule has 0 bridgehead atoms. The topological polar surface area (TPSA) is 93.4 Å². The van der Waals surface area contributed by atoms with Gasteiger partial charge in [0.05, 0.1) is 4.88 Å². The standard InChI is InChI=1S/C19H20N6O3S/c26-18(23-8-10-24(11-9-23)19(27)16-7-4-12-29-16)13-25-21-17(20-22-25)14-28-15-5-2-1-3-6-15/h1-7,12H,8-11,13-14H2. The summed E-state index contributed by atoms with van der Waals surface area (Å²) in [6, 6.07) is 13.0. The van der Waals surface area contributed by atoms with Gasteiger partial charge >= 0.3 is 0 Å². The molecular weight excluding hydrogens is 392 g/mol. The number of hydrogen-bond donors (Lipinski definition) is 0. The molecule has 10 heteroatoms. The average Bonchev–Trinajstić information content (AvgIpc) is 3.45. The van der Waals surface area contributed by atoms with Crippen LogP contribution >= 0.6 is 11.3 Å². The fourth-order valence-corrected chi connectivity index (χ4v) is 3.69. The van der Waals surface area contributed by atoms with Gasteiger partial charge in [0.25, 0.3) is 5.91 Å². The van der Waals surface area contributed by atoms with Gasteiger partial charge in [0, 0.05) is 26.2 Å². The third-order valence-electron chi connectivity index (χ3n) is 4.53. The Hall–Kier alpha value is -3.27. The number of tetrazole rings is 1. The van der Waals surface area contributed by atoms with Gasteiger partial charge in [-0.3, -0.25) is 9.59 Å². The Balaban J connectivity index is 1.25. The number of benzene rings is 1. The predicted molar refractivity (Wildman–Crippen MR) is 105 cm³/mol. The lowest BCUT2D eigenvalue weighted by atomic mass is 10.3. The van der Waals surface area contributed by atoms with Gasteiger partial charge in [-0.1, -0.05) is 24.3 Å². The monoisotopic (exact) mass is 412 g/mol. The summed E-state index contributed by atoms with van der Waals surface area (Å²) in [5.74, 6) is 1.05. The molecule has 0 saturated carbocycles. The number of hydrogen-bond acceptors (Lipinski definition) is 7. The van der Waals surface area contributed by atoms with Crippen molar-refractivity contribution in [2.45, 2.75) is 13.2 Å². The van der Waals surface area contributed by atoms with E-state index in [-0.39, 0.29) is 25.0 Å². The van der Waals surface area contributed by atoms with Gasteiger partial charge in [-0.05, 0) is 28.8 Å². The van der Waals surface area contributed by atoms with Crippen LogP contribution in [-0.2, 0) is 17.9 Å². The largest absolute Gasteiger partial charge is 0.485 e. The van der Waals surface area contributed by atoms with Crippen molar-refractivity contribution < 1.29 is 14.3 Å². The van der Waals surface area contributed by atoms with Crippen molar-refractivity contribution >= 4 is 23.2 Å². The van der Waals surface area contributed by atoms with E-state index >= 15 is 0 Å². The van der Waals surface area contributed by atoms with Crippen LogP contribution in [0.5, 0.6) is 5.75 Å². The molecule has 0 radical (unpaired) electrons. The average molecular weight is 412 g/mol. The number of nitrogens with zero attached hydrogens (tertiary/aromatic N) is 6. The number of rotatable bonds is 6.